The van der Waals surface area contributed by atoms with Gasteiger partial charge in [-0.15, -0.1) is 0 Å². The number of ether oxygens (including phenoxy) is 2. The first-order valence-corrected chi connectivity index (χ1v) is 3.39. The van der Waals surface area contributed by atoms with E-state index in [2.05, 4.69) is 4.85 Å². The largest absolute Gasteiger partial charge is 0.371 e. The Morgan fingerprint density at radius 2 is 2.60 bits per heavy atom. The molecule has 1 saturated heterocycles. The molecule has 1 fully saturated rings. The highest BCUT2D eigenvalue weighted by molar-refractivity contribution is 4.71. The summed E-state index contributed by atoms with van der Waals surface area (Å²) in [5.74, 6) is 0. The van der Waals surface area contributed by atoms with Gasteiger partial charge in [-0.05, 0) is 6.92 Å². The average molecular weight is 141 g/mol. The lowest BCUT2D eigenvalue weighted by molar-refractivity contribution is 0.0644. The van der Waals surface area contributed by atoms with Gasteiger partial charge in [-0.3, -0.25) is 0 Å². The van der Waals surface area contributed by atoms with E-state index in [9.17, 15) is 0 Å². The van der Waals surface area contributed by atoms with E-state index in [1.54, 1.807) is 0 Å². The Kier molecular flexibility index (Phi) is 2.67. The number of nitrogens with zero attached hydrogens (tertiary/aromatic N) is 1. The highest BCUT2D eigenvalue weighted by atomic mass is 16.6. The third-order valence-corrected chi connectivity index (χ3v) is 1.32. The zero-order valence-corrected chi connectivity index (χ0v) is 6.04. The topological polar surface area (TPSA) is 26.1 Å². The van der Waals surface area contributed by atoms with E-state index >= 15 is 0 Å². The minimum absolute atomic E-state index is 0.0571. The first kappa shape index (κ1) is 7.52. The molecule has 0 aromatic carbocycles. The quantitative estimate of drug-likeness (QED) is 0.425. The van der Waals surface area contributed by atoms with Crippen molar-refractivity contribution in [3.8, 4) is 0 Å². The Hall–Kier alpha value is -0.590. The highest BCUT2D eigenvalue weighted by Gasteiger charge is 2.23. The van der Waals surface area contributed by atoms with Crippen LogP contribution in [0.25, 0.3) is 4.85 Å². The molecule has 10 heavy (non-hydrogen) atoms. The van der Waals surface area contributed by atoms with Crippen LogP contribution in [0.15, 0.2) is 0 Å². The molecule has 1 aliphatic rings. The maximum absolute atomic E-state index is 6.55. The smallest absolute Gasteiger partial charge is 0.240 e. The van der Waals surface area contributed by atoms with E-state index in [1.165, 1.54) is 0 Å². The van der Waals surface area contributed by atoms with Crippen molar-refractivity contribution in [3.05, 3.63) is 11.4 Å². The van der Waals surface area contributed by atoms with Gasteiger partial charge >= 0.3 is 0 Å². The van der Waals surface area contributed by atoms with Crippen LogP contribution in [-0.2, 0) is 9.47 Å². The Morgan fingerprint density at radius 3 is 3.10 bits per heavy atom. The van der Waals surface area contributed by atoms with Gasteiger partial charge in [0.15, 0.2) is 0 Å². The molecule has 0 N–H and O–H groups in total. The molecule has 0 spiro atoms. The summed E-state index contributed by atoms with van der Waals surface area (Å²) in [6, 6.07) is 0. The maximum Gasteiger partial charge on any atom is 0.240 e. The van der Waals surface area contributed by atoms with Gasteiger partial charge in [-0.2, -0.15) is 0 Å². The molecule has 1 heterocycles. The SMILES string of the molecule is [C-]#[N+]CC(C)OCC1CO1. The summed E-state index contributed by atoms with van der Waals surface area (Å²) < 4.78 is 10.2. The molecule has 0 saturated carbocycles. The van der Waals surface area contributed by atoms with Crippen molar-refractivity contribution in [1.29, 1.82) is 0 Å². The van der Waals surface area contributed by atoms with Gasteiger partial charge in [-0.25, -0.2) is 6.57 Å². The second-order valence-corrected chi connectivity index (χ2v) is 2.44. The summed E-state index contributed by atoms with van der Waals surface area (Å²) in [6.45, 7) is 10.4. The fraction of sp³-hybridized carbons (Fsp3) is 0.857. The minimum Gasteiger partial charge on any atom is -0.371 e. The summed E-state index contributed by atoms with van der Waals surface area (Å²) in [6.07, 6.45) is 0.370. The summed E-state index contributed by atoms with van der Waals surface area (Å²) in [5.41, 5.74) is 0. The number of hydrogen-bond acceptors (Lipinski definition) is 2. The molecule has 1 rings (SSSR count). The fourth-order valence-electron chi connectivity index (χ4n) is 0.617. The molecule has 3 nitrogen and oxygen atoms in total. The van der Waals surface area contributed by atoms with Crippen LogP contribution in [0.4, 0.5) is 0 Å². The summed E-state index contributed by atoms with van der Waals surface area (Å²) in [7, 11) is 0. The normalized spacial score (nSPS) is 25.4. The predicted octanol–water partition coefficient (Wildman–Crippen LogP) is 0.710. The second kappa shape index (κ2) is 3.55. The van der Waals surface area contributed by atoms with Crippen molar-refractivity contribution in [1.82, 2.24) is 0 Å². The van der Waals surface area contributed by atoms with E-state index in [0.717, 1.165) is 6.61 Å². The maximum atomic E-state index is 6.55. The van der Waals surface area contributed by atoms with E-state index < -0.39 is 0 Å². The van der Waals surface area contributed by atoms with E-state index in [1.807, 2.05) is 6.92 Å². The molecule has 1 aliphatic heterocycles. The Bertz CT molecular complexity index is 137. The second-order valence-electron chi connectivity index (χ2n) is 2.44. The van der Waals surface area contributed by atoms with Crippen molar-refractivity contribution in [2.45, 2.75) is 19.1 Å². The Balaban J connectivity index is 1.95. The van der Waals surface area contributed by atoms with Crippen LogP contribution in [0.5, 0.6) is 0 Å². The lowest BCUT2D eigenvalue weighted by atomic mass is 10.4. The van der Waals surface area contributed by atoms with Crippen molar-refractivity contribution in [2.24, 2.45) is 0 Å². The van der Waals surface area contributed by atoms with Crippen molar-refractivity contribution < 1.29 is 9.47 Å². The number of hydrogen-bond donors (Lipinski definition) is 0. The summed E-state index contributed by atoms with van der Waals surface area (Å²) in [5, 5.41) is 0. The molecule has 0 bridgehead atoms. The van der Waals surface area contributed by atoms with E-state index in [-0.39, 0.29) is 6.10 Å². The van der Waals surface area contributed by atoms with Crippen LogP contribution >= 0.6 is 0 Å². The fourth-order valence-corrected chi connectivity index (χ4v) is 0.617. The molecule has 3 heteroatoms. The van der Waals surface area contributed by atoms with Crippen molar-refractivity contribution in [3.63, 3.8) is 0 Å². The van der Waals surface area contributed by atoms with Gasteiger partial charge in [0.25, 0.3) is 0 Å². The first-order valence-electron chi connectivity index (χ1n) is 3.39. The van der Waals surface area contributed by atoms with Gasteiger partial charge in [-0.1, -0.05) is 0 Å². The van der Waals surface area contributed by atoms with E-state index in [4.69, 9.17) is 16.0 Å². The lowest BCUT2D eigenvalue weighted by Crippen LogP contribution is -2.14. The Labute approximate surface area is 60.8 Å². The average Bonchev–Trinajstić information content (AvgIpc) is 2.67. The van der Waals surface area contributed by atoms with Gasteiger partial charge in [0.1, 0.15) is 12.2 Å². The van der Waals surface area contributed by atoms with Crippen LogP contribution in [0, 0.1) is 6.57 Å². The van der Waals surface area contributed by atoms with Gasteiger partial charge < -0.3 is 14.3 Å². The molecule has 2 atom stereocenters. The summed E-state index contributed by atoms with van der Waals surface area (Å²) in [4.78, 5) is 3.22. The van der Waals surface area contributed by atoms with Crippen LogP contribution in [0.1, 0.15) is 6.92 Å². The minimum atomic E-state index is 0.0571. The summed E-state index contributed by atoms with van der Waals surface area (Å²) >= 11 is 0. The molecule has 56 valence electrons. The molecule has 0 aromatic rings. The van der Waals surface area contributed by atoms with Crippen LogP contribution in [0.2, 0.25) is 0 Å². The highest BCUT2D eigenvalue weighted by Crippen LogP contribution is 2.09. The molecule has 0 amide bonds. The van der Waals surface area contributed by atoms with E-state index in [0.29, 0.717) is 19.3 Å². The monoisotopic (exact) mass is 141 g/mol. The standard InChI is InChI=1S/C7H11NO2/c1-6(3-8-2)9-4-7-5-10-7/h6-7H,3-5H2,1H3. The molecule has 0 radical (unpaired) electrons. The van der Waals surface area contributed by atoms with Crippen molar-refractivity contribution in [2.75, 3.05) is 19.8 Å². The molecule has 0 aromatic heterocycles. The Morgan fingerprint density at radius 1 is 1.90 bits per heavy atom. The number of epoxide rings is 1. The molecule has 0 aliphatic carbocycles. The van der Waals surface area contributed by atoms with Gasteiger partial charge in [0, 0.05) is 0 Å². The van der Waals surface area contributed by atoms with Crippen molar-refractivity contribution >= 4 is 0 Å². The zero-order chi connectivity index (χ0) is 7.40. The van der Waals surface area contributed by atoms with Crippen LogP contribution < -0.4 is 0 Å². The molecule has 2 unspecified atom stereocenters. The first-order chi connectivity index (χ1) is 4.83. The lowest BCUT2D eigenvalue weighted by Gasteiger charge is -2.03. The van der Waals surface area contributed by atoms with Crippen LogP contribution in [0.3, 0.4) is 0 Å². The van der Waals surface area contributed by atoms with Gasteiger partial charge in [0.05, 0.1) is 13.2 Å². The third kappa shape index (κ3) is 2.81. The van der Waals surface area contributed by atoms with Crippen LogP contribution in [-0.4, -0.2) is 32.0 Å². The molecular weight excluding hydrogens is 130 g/mol. The third-order valence-electron chi connectivity index (χ3n) is 1.32. The predicted molar refractivity (Wildman–Crippen MR) is 36.6 cm³/mol. The molecular formula is C7H11NO2. The number of rotatable bonds is 4. The zero-order valence-electron chi connectivity index (χ0n) is 6.04. The van der Waals surface area contributed by atoms with Gasteiger partial charge in [0.2, 0.25) is 6.54 Å².